The number of nitrogens with two attached hydrogens (primary N) is 1. The lowest BCUT2D eigenvalue weighted by Crippen LogP contribution is -2.03. The first-order valence-corrected chi connectivity index (χ1v) is 8.99. The summed E-state index contributed by atoms with van der Waals surface area (Å²) < 4.78 is 3.76. The molecule has 0 aliphatic rings. The molecule has 0 fully saturated rings. The highest BCUT2D eigenvalue weighted by atomic mass is 79.9. The molecule has 6 nitrogen and oxygen atoms in total. The van der Waals surface area contributed by atoms with Gasteiger partial charge in [-0.1, -0.05) is 22.0 Å². The lowest BCUT2D eigenvalue weighted by Gasteiger charge is -2.07. The average molecular weight is 460 g/mol. The quantitative estimate of drug-likeness (QED) is 0.454. The van der Waals surface area contributed by atoms with Gasteiger partial charge in [0.15, 0.2) is 0 Å². The molecule has 0 aliphatic heterocycles. The minimum Gasteiger partial charge on any atom is -0.366 e. The number of nitrogens with zero attached hydrogens (tertiary/aromatic N) is 5. The fraction of sp³-hybridized carbons (Fsp3) is 0.0588. The van der Waals surface area contributed by atoms with Gasteiger partial charge >= 0.3 is 0 Å². The molecule has 4 aromatic rings. The van der Waals surface area contributed by atoms with Gasteiger partial charge in [0.25, 0.3) is 0 Å². The Labute approximate surface area is 160 Å². The second-order valence-corrected chi connectivity index (χ2v) is 7.26. The zero-order chi connectivity index (χ0) is 17.6. The molecule has 0 spiro atoms. The Morgan fingerprint density at radius 3 is 2.64 bits per heavy atom. The molecule has 124 valence electrons. The van der Waals surface area contributed by atoms with Crippen molar-refractivity contribution in [3.63, 3.8) is 0 Å². The molecule has 0 atom stereocenters. The van der Waals surface area contributed by atoms with Crippen LogP contribution in [0.15, 0.2) is 51.7 Å². The first-order chi connectivity index (χ1) is 12.0. The van der Waals surface area contributed by atoms with Crippen LogP contribution in [0.3, 0.4) is 0 Å². The Kier molecular flexibility index (Phi) is 4.01. The number of anilines is 1. The van der Waals surface area contributed by atoms with E-state index in [1.165, 1.54) is 0 Å². The van der Waals surface area contributed by atoms with Crippen LogP contribution >= 0.6 is 31.9 Å². The van der Waals surface area contributed by atoms with Crippen LogP contribution in [0, 0.1) is 0 Å². The van der Waals surface area contributed by atoms with E-state index in [0.717, 1.165) is 25.5 Å². The van der Waals surface area contributed by atoms with Crippen molar-refractivity contribution in [1.29, 1.82) is 0 Å². The Morgan fingerprint density at radius 1 is 1.00 bits per heavy atom. The highest BCUT2D eigenvalue weighted by molar-refractivity contribution is 9.10. The molecule has 1 aromatic carbocycles. The molecule has 0 saturated carbocycles. The van der Waals surface area contributed by atoms with E-state index in [1.807, 2.05) is 42.1 Å². The largest absolute Gasteiger partial charge is 0.366 e. The van der Waals surface area contributed by atoms with Crippen molar-refractivity contribution in [3.05, 3.63) is 51.7 Å². The van der Waals surface area contributed by atoms with Crippen molar-refractivity contribution in [2.75, 3.05) is 5.73 Å². The zero-order valence-electron chi connectivity index (χ0n) is 13.1. The number of aromatic nitrogens is 5. The van der Waals surface area contributed by atoms with Crippen LogP contribution in [0.1, 0.15) is 0 Å². The average Bonchev–Trinajstić information content (AvgIpc) is 2.91. The molecule has 2 N–H and O–H groups in total. The van der Waals surface area contributed by atoms with Gasteiger partial charge in [-0.25, -0.2) is 9.97 Å². The number of halogens is 2. The molecule has 8 heteroatoms. The fourth-order valence-corrected chi connectivity index (χ4v) is 3.50. The SMILES string of the molecule is Cn1cc(-c2nc(N)nnc2-c2cccc(Br)n2)c2cc(Br)ccc21. The maximum absolute atomic E-state index is 5.82. The predicted octanol–water partition coefficient (Wildman–Crippen LogP) is 4.20. The first-order valence-electron chi connectivity index (χ1n) is 7.41. The molecule has 3 heterocycles. The standard InChI is InChI=1S/C17H12Br2N6/c1-25-8-11(10-7-9(18)5-6-13(10)25)15-16(23-24-17(20)22-15)12-3-2-4-14(19)21-12/h2-8H,1H3,(H2,20,22,24). The summed E-state index contributed by atoms with van der Waals surface area (Å²) in [5, 5.41) is 9.23. The monoisotopic (exact) mass is 458 g/mol. The number of hydrogen-bond acceptors (Lipinski definition) is 5. The number of nitrogen functional groups attached to an aromatic ring is 1. The molecule has 0 saturated heterocycles. The summed E-state index contributed by atoms with van der Waals surface area (Å²) in [4.78, 5) is 8.94. The molecule has 3 aromatic heterocycles. The maximum Gasteiger partial charge on any atom is 0.240 e. The predicted molar refractivity (Wildman–Crippen MR) is 105 cm³/mol. The van der Waals surface area contributed by atoms with Crippen LogP contribution < -0.4 is 5.73 Å². The molecule has 0 radical (unpaired) electrons. The van der Waals surface area contributed by atoms with Crippen molar-refractivity contribution in [2.24, 2.45) is 7.05 Å². The summed E-state index contributed by atoms with van der Waals surface area (Å²) in [6, 6.07) is 11.7. The smallest absolute Gasteiger partial charge is 0.240 e. The summed E-state index contributed by atoms with van der Waals surface area (Å²) in [7, 11) is 1.99. The summed E-state index contributed by atoms with van der Waals surface area (Å²) >= 11 is 6.93. The van der Waals surface area contributed by atoms with E-state index < -0.39 is 0 Å². The van der Waals surface area contributed by atoms with Crippen molar-refractivity contribution in [3.8, 4) is 22.6 Å². The summed E-state index contributed by atoms with van der Waals surface area (Å²) in [6.07, 6.45) is 2.02. The van der Waals surface area contributed by atoms with Gasteiger partial charge < -0.3 is 10.3 Å². The Bertz CT molecular complexity index is 1110. The van der Waals surface area contributed by atoms with Crippen LogP contribution in [0.25, 0.3) is 33.5 Å². The number of hydrogen-bond donors (Lipinski definition) is 1. The van der Waals surface area contributed by atoms with E-state index >= 15 is 0 Å². The van der Waals surface area contributed by atoms with Gasteiger partial charge in [0.05, 0.1) is 5.69 Å². The summed E-state index contributed by atoms with van der Waals surface area (Å²) in [5.41, 5.74) is 9.76. The molecule has 4 rings (SSSR count). The number of fused-ring (bicyclic) bond motifs is 1. The molecule has 0 bridgehead atoms. The van der Waals surface area contributed by atoms with Gasteiger partial charge in [0, 0.05) is 34.2 Å². The third-order valence-electron chi connectivity index (χ3n) is 3.87. The zero-order valence-corrected chi connectivity index (χ0v) is 16.3. The fourth-order valence-electron chi connectivity index (χ4n) is 2.79. The van der Waals surface area contributed by atoms with Crippen molar-refractivity contribution >= 4 is 48.7 Å². The van der Waals surface area contributed by atoms with Gasteiger partial charge in [-0.3, -0.25) is 0 Å². The number of benzene rings is 1. The highest BCUT2D eigenvalue weighted by Gasteiger charge is 2.18. The molecule has 0 amide bonds. The number of pyridine rings is 1. The molecule has 0 aliphatic carbocycles. The Morgan fingerprint density at radius 2 is 1.84 bits per heavy atom. The summed E-state index contributed by atoms with van der Waals surface area (Å²) in [6.45, 7) is 0. The number of aryl methyl sites for hydroxylation is 1. The van der Waals surface area contributed by atoms with Gasteiger partial charge in [-0.05, 0) is 46.3 Å². The normalized spacial score (nSPS) is 11.2. The van der Waals surface area contributed by atoms with Crippen molar-refractivity contribution in [2.45, 2.75) is 0 Å². The van der Waals surface area contributed by atoms with Crippen LogP contribution in [0.2, 0.25) is 0 Å². The van der Waals surface area contributed by atoms with Crippen molar-refractivity contribution < 1.29 is 0 Å². The minimum absolute atomic E-state index is 0.126. The third-order valence-corrected chi connectivity index (χ3v) is 4.80. The van der Waals surface area contributed by atoms with Gasteiger partial charge in [-0.15, -0.1) is 10.2 Å². The van der Waals surface area contributed by atoms with E-state index in [-0.39, 0.29) is 5.95 Å². The molecule has 0 unspecified atom stereocenters. The molecular weight excluding hydrogens is 448 g/mol. The third kappa shape index (κ3) is 2.91. The maximum atomic E-state index is 5.82. The van der Waals surface area contributed by atoms with Gasteiger partial charge in [0.2, 0.25) is 5.95 Å². The Hall–Kier alpha value is -2.32. The van der Waals surface area contributed by atoms with Gasteiger partial charge in [0.1, 0.15) is 16.0 Å². The van der Waals surface area contributed by atoms with E-state index in [9.17, 15) is 0 Å². The van der Waals surface area contributed by atoms with E-state index in [1.54, 1.807) is 0 Å². The van der Waals surface area contributed by atoms with Crippen LogP contribution in [0.5, 0.6) is 0 Å². The number of rotatable bonds is 2. The minimum atomic E-state index is 0.126. The van der Waals surface area contributed by atoms with E-state index in [4.69, 9.17) is 5.73 Å². The van der Waals surface area contributed by atoms with Gasteiger partial charge in [-0.2, -0.15) is 0 Å². The van der Waals surface area contributed by atoms with Crippen LogP contribution in [-0.2, 0) is 7.05 Å². The first kappa shape index (κ1) is 16.2. The second-order valence-electron chi connectivity index (χ2n) is 5.53. The van der Waals surface area contributed by atoms with E-state index in [2.05, 4.69) is 64.2 Å². The lowest BCUT2D eigenvalue weighted by atomic mass is 10.1. The van der Waals surface area contributed by atoms with Crippen LogP contribution in [0.4, 0.5) is 5.95 Å². The molecule has 25 heavy (non-hydrogen) atoms. The lowest BCUT2D eigenvalue weighted by molar-refractivity contribution is 0.964. The topological polar surface area (TPSA) is 82.5 Å². The molecular formula is C17H12Br2N6. The Balaban J connectivity index is 2.03. The van der Waals surface area contributed by atoms with Crippen LogP contribution in [-0.4, -0.2) is 24.7 Å². The summed E-state index contributed by atoms with van der Waals surface area (Å²) in [5.74, 6) is 0.126. The second kappa shape index (κ2) is 6.20. The van der Waals surface area contributed by atoms with E-state index in [0.29, 0.717) is 17.1 Å². The van der Waals surface area contributed by atoms with Crippen molar-refractivity contribution in [1.82, 2.24) is 24.7 Å². The highest BCUT2D eigenvalue weighted by Crippen LogP contribution is 2.35.